The van der Waals surface area contributed by atoms with Crippen LogP contribution < -0.4 is 5.32 Å². The van der Waals surface area contributed by atoms with Crippen molar-refractivity contribution in [2.75, 3.05) is 6.54 Å². The van der Waals surface area contributed by atoms with Crippen molar-refractivity contribution in [3.63, 3.8) is 0 Å². The van der Waals surface area contributed by atoms with Gasteiger partial charge >= 0.3 is 0 Å². The van der Waals surface area contributed by atoms with Crippen LogP contribution in [0.25, 0.3) is 10.9 Å². The number of carbonyl (C=O) groups is 1. The molecule has 0 atom stereocenters. The van der Waals surface area contributed by atoms with E-state index in [0.717, 1.165) is 35.9 Å². The molecular formula is C13H16N2O. The highest BCUT2D eigenvalue weighted by Gasteiger charge is 2.09. The fourth-order valence-corrected chi connectivity index (χ4v) is 1.75. The number of amides is 1. The van der Waals surface area contributed by atoms with E-state index in [4.69, 9.17) is 0 Å². The van der Waals surface area contributed by atoms with E-state index in [1.807, 2.05) is 30.5 Å². The number of hydrogen-bond donors (Lipinski definition) is 2. The maximum absolute atomic E-state index is 11.9. The second-order valence-electron chi connectivity index (χ2n) is 3.86. The van der Waals surface area contributed by atoms with Crippen molar-refractivity contribution in [2.45, 2.75) is 19.8 Å². The summed E-state index contributed by atoms with van der Waals surface area (Å²) in [6.07, 6.45) is 3.97. The summed E-state index contributed by atoms with van der Waals surface area (Å²) in [5, 5.41) is 4.00. The summed E-state index contributed by atoms with van der Waals surface area (Å²) in [7, 11) is 0. The molecule has 16 heavy (non-hydrogen) atoms. The SMILES string of the molecule is CCCCNC(=O)c1cccc2cc[nH]c12. The number of rotatable bonds is 4. The van der Waals surface area contributed by atoms with Crippen molar-refractivity contribution in [3.8, 4) is 0 Å². The number of hydrogen-bond acceptors (Lipinski definition) is 1. The third-order valence-corrected chi connectivity index (χ3v) is 2.65. The van der Waals surface area contributed by atoms with Crippen molar-refractivity contribution < 1.29 is 4.79 Å². The fourth-order valence-electron chi connectivity index (χ4n) is 1.75. The lowest BCUT2D eigenvalue weighted by Gasteiger charge is -2.05. The first kappa shape index (κ1) is 10.7. The molecule has 0 aliphatic rings. The minimum Gasteiger partial charge on any atom is -0.361 e. The Bertz CT molecular complexity index is 487. The van der Waals surface area contributed by atoms with Crippen LogP contribution in [0.3, 0.4) is 0 Å². The Morgan fingerprint density at radius 2 is 2.25 bits per heavy atom. The first-order valence-electron chi connectivity index (χ1n) is 5.67. The highest BCUT2D eigenvalue weighted by atomic mass is 16.1. The molecule has 0 saturated carbocycles. The van der Waals surface area contributed by atoms with Gasteiger partial charge in [0.05, 0.1) is 11.1 Å². The third kappa shape index (κ3) is 2.08. The van der Waals surface area contributed by atoms with Gasteiger partial charge in [-0.2, -0.15) is 0 Å². The number of para-hydroxylation sites is 1. The maximum atomic E-state index is 11.9. The lowest BCUT2D eigenvalue weighted by atomic mass is 10.1. The zero-order valence-electron chi connectivity index (χ0n) is 9.42. The van der Waals surface area contributed by atoms with Crippen LogP contribution in [0.15, 0.2) is 30.5 Å². The average molecular weight is 216 g/mol. The van der Waals surface area contributed by atoms with Gasteiger partial charge in [0.2, 0.25) is 0 Å². The van der Waals surface area contributed by atoms with Gasteiger partial charge in [0, 0.05) is 18.1 Å². The van der Waals surface area contributed by atoms with Gasteiger partial charge in [-0.3, -0.25) is 4.79 Å². The second kappa shape index (κ2) is 4.84. The monoisotopic (exact) mass is 216 g/mol. The minimum atomic E-state index is 0.00139. The summed E-state index contributed by atoms with van der Waals surface area (Å²) < 4.78 is 0. The van der Waals surface area contributed by atoms with Crippen LogP contribution in [0.2, 0.25) is 0 Å². The molecule has 0 bridgehead atoms. The van der Waals surface area contributed by atoms with Crippen molar-refractivity contribution in [2.24, 2.45) is 0 Å². The first-order valence-corrected chi connectivity index (χ1v) is 5.67. The molecule has 1 aromatic carbocycles. The molecule has 0 saturated heterocycles. The van der Waals surface area contributed by atoms with Crippen LogP contribution in [-0.2, 0) is 0 Å². The zero-order chi connectivity index (χ0) is 11.4. The number of fused-ring (bicyclic) bond motifs is 1. The van der Waals surface area contributed by atoms with Gasteiger partial charge in [-0.25, -0.2) is 0 Å². The molecule has 1 heterocycles. The van der Waals surface area contributed by atoms with E-state index in [2.05, 4.69) is 17.2 Å². The predicted octanol–water partition coefficient (Wildman–Crippen LogP) is 2.70. The Balaban J connectivity index is 2.19. The van der Waals surface area contributed by atoms with Crippen LogP contribution in [0, 0.1) is 0 Å². The van der Waals surface area contributed by atoms with E-state index < -0.39 is 0 Å². The van der Waals surface area contributed by atoms with E-state index in [-0.39, 0.29) is 5.91 Å². The standard InChI is InChI=1S/C13H16N2O/c1-2-3-8-15-13(16)11-6-4-5-10-7-9-14-12(10)11/h4-7,9,14H,2-3,8H2,1H3,(H,15,16). The van der Waals surface area contributed by atoms with Crippen molar-refractivity contribution >= 4 is 16.8 Å². The molecule has 0 radical (unpaired) electrons. The van der Waals surface area contributed by atoms with E-state index in [9.17, 15) is 4.79 Å². The average Bonchev–Trinajstić information content (AvgIpc) is 2.76. The number of nitrogens with one attached hydrogen (secondary N) is 2. The Hall–Kier alpha value is -1.77. The predicted molar refractivity (Wildman–Crippen MR) is 65.5 cm³/mol. The smallest absolute Gasteiger partial charge is 0.253 e. The molecule has 0 aliphatic carbocycles. The Morgan fingerprint density at radius 3 is 3.06 bits per heavy atom. The lowest BCUT2D eigenvalue weighted by Crippen LogP contribution is -2.24. The van der Waals surface area contributed by atoms with Crippen LogP contribution in [0.1, 0.15) is 30.1 Å². The van der Waals surface area contributed by atoms with Gasteiger partial charge in [0.15, 0.2) is 0 Å². The molecule has 1 amide bonds. The van der Waals surface area contributed by atoms with Gasteiger partial charge in [-0.15, -0.1) is 0 Å². The van der Waals surface area contributed by atoms with E-state index in [0.29, 0.717) is 0 Å². The molecule has 2 aromatic rings. The quantitative estimate of drug-likeness (QED) is 0.758. The topological polar surface area (TPSA) is 44.9 Å². The fraction of sp³-hybridized carbons (Fsp3) is 0.308. The number of benzene rings is 1. The molecule has 1 aromatic heterocycles. The molecule has 2 rings (SSSR count). The molecule has 0 unspecified atom stereocenters. The molecule has 84 valence electrons. The second-order valence-corrected chi connectivity index (χ2v) is 3.86. The van der Waals surface area contributed by atoms with E-state index in [1.165, 1.54) is 0 Å². The summed E-state index contributed by atoms with van der Waals surface area (Å²) in [4.78, 5) is 15.0. The van der Waals surface area contributed by atoms with Crippen molar-refractivity contribution in [1.82, 2.24) is 10.3 Å². The number of unbranched alkanes of at least 4 members (excludes halogenated alkanes) is 1. The summed E-state index contributed by atoms with van der Waals surface area (Å²) in [6.45, 7) is 2.85. The first-order chi connectivity index (χ1) is 7.83. The number of carbonyl (C=O) groups excluding carboxylic acids is 1. The summed E-state index contributed by atoms with van der Waals surface area (Å²) >= 11 is 0. The number of aromatic nitrogens is 1. The molecule has 2 N–H and O–H groups in total. The molecule has 0 fully saturated rings. The van der Waals surface area contributed by atoms with Crippen LogP contribution >= 0.6 is 0 Å². The highest BCUT2D eigenvalue weighted by molar-refractivity contribution is 6.05. The molecule has 0 spiro atoms. The van der Waals surface area contributed by atoms with Gasteiger partial charge in [0.25, 0.3) is 5.91 Å². The van der Waals surface area contributed by atoms with Gasteiger partial charge in [-0.05, 0) is 18.6 Å². The van der Waals surface area contributed by atoms with Gasteiger partial charge in [0.1, 0.15) is 0 Å². The number of aromatic amines is 1. The van der Waals surface area contributed by atoms with Gasteiger partial charge < -0.3 is 10.3 Å². The molecule has 3 nitrogen and oxygen atoms in total. The van der Waals surface area contributed by atoms with E-state index in [1.54, 1.807) is 0 Å². The molecular weight excluding hydrogens is 200 g/mol. The maximum Gasteiger partial charge on any atom is 0.253 e. The Morgan fingerprint density at radius 1 is 1.38 bits per heavy atom. The van der Waals surface area contributed by atoms with Crippen molar-refractivity contribution in [1.29, 1.82) is 0 Å². The number of H-pyrrole nitrogens is 1. The summed E-state index contributed by atoms with van der Waals surface area (Å²) in [5.74, 6) is 0.00139. The van der Waals surface area contributed by atoms with Crippen LogP contribution in [0.5, 0.6) is 0 Å². The van der Waals surface area contributed by atoms with E-state index >= 15 is 0 Å². The normalized spacial score (nSPS) is 10.6. The highest BCUT2D eigenvalue weighted by Crippen LogP contribution is 2.16. The summed E-state index contributed by atoms with van der Waals surface area (Å²) in [6, 6.07) is 7.72. The minimum absolute atomic E-state index is 0.00139. The van der Waals surface area contributed by atoms with Crippen LogP contribution in [0.4, 0.5) is 0 Å². The largest absolute Gasteiger partial charge is 0.361 e. The Kier molecular flexibility index (Phi) is 3.25. The van der Waals surface area contributed by atoms with Crippen molar-refractivity contribution in [3.05, 3.63) is 36.0 Å². The summed E-state index contributed by atoms with van der Waals surface area (Å²) in [5.41, 5.74) is 1.63. The van der Waals surface area contributed by atoms with Gasteiger partial charge in [-0.1, -0.05) is 25.5 Å². The Labute approximate surface area is 94.9 Å². The lowest BCUT2D eigenvalue weighted by molar-refractivity contribution is 0.0954. The van der Waals surface area contributed by atoms with Crippen LogP contribution in [-0.4, -0.2) is 17.4 Å². The molecule has 0 aliphatic heterocycles. The molecule has 3 heteroatoms. The zero-order valence-corrected chi connectivity index (χ0v) is 9.42. The third-order valence-electron chi connectivity index (χ3n) is 2.65.